The van der Waals surface area contributed by atoms with Crippen LogP contribution in [0, 0.1) is 13.8 Å². The molecule has 2 aromatic rings. The first kappa shape index (κ1) is 11.3. The second kappa shape index (κ2) is 4.78. The van der Waals surface area contributed by atoms with Crippen LogP contribution in [0.25, 0.3) is 0 Å². The van der Waals surface area contributed by atoms with E-state index >= 15 is 0 Å². The van der Waals surface area contributed by atoms with Crippen molar-refractivity contribution in [3.63, 3.8) is 0 Å². The highest BCUT2D eigenvalue weighted by molar-refractivity contribution is 5.55. The molecule has 0 saturated heterocycles. The van der Waals surface area contributed by atoms with Crippen molar-refractivity contribution in [1.29, 1.82) is 0 Å². The largest absolute Gasteiger partial charge is 0.507 e. The molecule has 0 aromatic heterocycles. The molecular weight excluding hydrogens is 212 g/mol. The summed E-state index contributed by atoms with van der Waals surface area (Å²) in [5.74, 6) is 0.287. The van der Waals surface area contributed by atoms with E-state index in [0.717, 1.165) is 16.8 Å². The van der Waals surface area contributed by atoms with Gasteiger partial charge in [0.2, 0.25) is 0 Å². The Morgan fingerprint density at radius 3 is 2.29 bits per heavy atom. The first-order chi connectivity index (χ1) is 8.18. The van der Waals surface area contributed by atoms with Crippen molar-refractivity contribution < 1.29 is 5.11 Å². The van der Waals surface area contributed by atoms with Gasteiger partial charge in [0, 0.05) is 5.56 Å². The second-order valence-electron chi connectivity index (χ2n) is 3.91. The van der Waals surface area contributed by atoms with E-state index in [-0.39, 0.29) is 5.75 Å². The summed E-state index contributed by atoms with van der Waals surface area (Å²) < 4.78 is 0. The van der Waals surface area contributed by atoms with E-state index in [0.29, 0.717) is 5.69 Å². The van der Waals surface area contributed by atoms with E-state index in [9.17, 15) is 5.11 Å². The van der Waals surface area contributed by atoms with E-state index in [4.69, 9.17) is 0 Å². The molecular formula is C14H14N2O. The molecule has 17 heavy (non-hydrogen) atoms. The minimum atomic E-state index is 0.287. The van der Waals surface area contributed by atoms with E-state index in [1.807, 2.05) is 56.3 Å². The lowest BCUT2D eigenvalue weighted by atomic mass is 10.1. The SMILES string of the molecule is Cc1ccc(N=Nc2ccccc2)c(C)c1O. The van der Waals surface area contributed by atoms with Gasteiger partial charge in [-0.2, -0.15) is 10.2 Å². The van der Waals surface area contributed by atoms with Crippen LogP contribution in [-0.4, -0.2) is 5.11 Å². The highest BCUT2D eigenvalue weighted by Gasteiger charge is 2.04. The molecule has 0 fully saturated rings. The molecule has 0 unspecified atom stereocenters. The first-order valence-electron chi connectivity index (χ1n) is 5.44. The summed E-state index contributed by atoms with van der Waals surface area (Å²) in [7, 11) is 0. The Balaban J connectivity index is 2.31. The molecule has 2 rings (SSSR count). The molecule has 0 radical (unpaired) electrons. The van der Waals surface area contributed by atoms with Gasteiger partial charge < -0.3 is 5.11 Å². The molecule has 0 heterocycles. The normalized spacial score (nSPS) is 10.9. The topological polar surface area (TPSA) is 45.0 Å². The highest BCUT2D eigenvalue weighted by atomic mass is 16.3. The smallest absolute Gasteiger partial charge is 0.123 e. The Labute approximate surface area is 100 Å². The third kappa shape index (κ3) is 2.50. The number of rotatable bonds is 2. The summed E-state index contributed by atoms with van der Waals surface area (Å²) in [6.45, 7) is 3.70. The van der Waals surface area contributed by atoms with Crippen LogP contribution >= 0.6 is 0 Å². The number of azo groups is 1. The van der Waals surface area contributed by atoms with Crippen molar-refractivity contribution in [1.82, 2.24) is 0 Å². The van der Waals surface area contributed by atoms with Crippen LogP contribution in [0.3, 0.4) is 0 Å². The predicted octanol–water partition coefficient (Wildman–Crippen LogP) is 4.42. The summed E-state index contributed by atoms with van der Waals surface area (Å²) in [6.07, 6.45) is 0. The summed E-state index contributed by atoms with van der Waals surface area (Å²) in [6, 6.07) is 13.2. The highest BCUT2D eigenvalue weighted by Crippen LogP contribution is 2.31. The van der Waals surface area contributed by atoms with Crippen molar-refractivity contribution in [3.8, 4) is 5.75 Å². The number of aryl methyl sites for hydroxylation is 1. The first-order valence-corrected chi connectivity index (χ1v) is 5.44. The fourth-order valence-electron chi connectivity index (χ4n) is 1.54. The van der Waals surface area contributed by atoms with E-state index < -0.39 is 0 Å². The van der Waals surface area contributed by atoms with Gasteiger partial charge in [-0.15, -0.1) is 0 Å². The van der Waals surface area contributed by atoms with Crippen LogP contribution in [0.4, 0.5) is 11.4 Å². The van der Waals surface area contributed by atoms with Gasteiger partial charge in [-0.25, -0.2) is 0 Å². The number of hydrogen-bond donors (Lipinski definition) is 1. The molecule has 0 aliphatic carbocycles. The van der Waals surface area contributed by atoms with Crippen LogP contribution in [0.2, 0.25) is 0 Å². The molecule has 0 atom stereocenters. The summed E-state index contributed by atoms with van der Waals surface area (Å²) in [5.41, 5.74) is 3.09. The Kier molecular flexibility index (Phi) is 3.19. The lowest BCUT2D eigenvalue weighted by Crippen LogP contribution is -1.80. The summed E-state index contributed by atoms with van der Waals surface area (Å²) >= 11 is 0. The number of phenols is 1. The van der Waals surface area contributed by atoms with Crippen LogP contribution < -0.4 is 0 Å². The fraction of sp³-hybridized carbons (Fsp3) is 0.143. The third-order valence-corrected chi connectivity index (χ3v) is 2.63. The zero-order valence-corrected chi connectivity index (χ0v) is 9.88. The zero-order valence-electron chi connectivity index (χ0n) is 9.88. The second-order valence-corrected chi connectivity index (χ2v) is 3.91. The molecule has 2 aromatic carbocycles. The van der Waals surface area contributed by atoms with Crippen molar-refractivity contribution >= 4 is 11.4 Å². The maximum absolute atomic E-state index is 9.78. The standard InChI is InChI=1S/C14H14N2O/c1-10-8-9-13(11(2)14(10)17)16-15-12-6-4-3-5-7-12/h3-9,17H,1-2H3. The summed E-state index contributed by atoms with van der Waals surface area (Å²) in [5, 5.41) is 18.0. The van der Waals surface area contributed by atoms with Crippen LogP contribution in [-0.2, 0) is 0 Å². The van der Waals surface area contributed by atoms with Gasteiger partial charge in [-0.05, 0) is 37.6 Å². The van der Waals surface area contributed by atoms with Gasteiger partial charge in [0.05, 0.1) is 11.4 Å². The van der Waals surface area contributed by atoms with E-state index in [1.54, 1.807) is 0 Å². The molecule has 3 heteroatoms. The maximum atomic E-state index is 9.78. The molecule has 0 aliphatic rings. The molecule has 0 aliphatic heterocycles. The lowest BCUT2D eigenvalue weighted by Gasteiger charge is -2.04. The van der Waals surface area contributed by atoms with Crippen molar-refractivity contribution in [3.05, 3.63) is 53.6 Å². The number of benzene rings is 2. The van der Waals surface area contributed by atoms with Gasteiger partial charge in [-0.1, -0.05) is 24.3 Å². The predicted molar refractivity (Wildman–Crippen MR) is 68.2 cm³/mol. The van der Waals surface area contributed by atoms with Crippen molar-refractivity contribution in [2.45, 2.75) is 13.8 Å². The molecule has 0 bridgehead atoms. The van der Waals surface area contributed by atoms with Crippen molar-refractivity contribution in [2.75, 3.05) is 0 Å². The molecule has 0 amide bonds. The number of phenolic OH excluding ortho intramolecular Hbond substituents is 1. The van der Waals surface area contributed by atoms with Gasteiger partial charge in [-0.3, -0.25) is 0 Å². The monoisotopic (exact) mass is 226 g/mol. The summed E-state index contributed by atoms with van der Waals surface area (Å²) in [4.78, 5) is 0. The molecule has 3 nitrogen and oxygen atoms in total. The maximum Gasteiger partial charge on any atom is 0.123 e. The minimum Gasteiger partial charge on any atom is -0.507 e. The number of aromatic hydroxyl groups is 1. The van der Waals surface area contributed by atoms with Crippen LogP contribution in [0.5, 0.6) is 5.75 Å². The van der Waals surface area contributed by atoms with E-state index in [1.165, 1.54) is 0 Å². The molecule has 0 spiro atoms. The van der Waals surface area contributed by atoms with Gasteiger partial charge in [0.1, 0.15) is 5.75 Å². The van der Waals surface area contributed by atoms with Crippen LogP contribution in [0.1, 0.15) is 11.1 Å². The fourth-order valence-corrected chi connectivity index (χ4v) is 1.54. The average molecular weight is 226 g/mol. The Morgan fingerprint density at radius 1 is 0.882 bits per heavy atom. The van der Waals surface area contributed by atoms with Gasteiger partial charge in [0.25, 0.3) is 0 Å². The quantitative estimate of drug-likeness (QED) is 0.756. The van der Waals surface area contributed by atoms with Crippen molar-refractivity contribution in [2.24, 2.45) is 10.2 Å². The molecule has 86 valence electrons. The Morgan fingerprint density at radius 2 is 1.59 bits per heavy atom. The number of nitrogens with zero attached hydrogens (tertiary/aromatic N) is 2. The molecule has 0 saturated carbocycles. The number of hydrogen-bond acceptors (Lipinski definition) is 3. The Hall–Kier alpha value is -2.16. The van der Waals surface area contributed by atoms with E-state index in [2.05, 4.69) is 10.2 Å². The lowest BCUT2D eigenvalue weighted by molar-refractivity contribution is 0.467. The average Bonchev–Trinajstić information content (AvgIpc) is 2.36. The Bertz CT molecular complexity index is 548. The minimum absolute atomic E-state index is 0.287. The third-order valence-electron chi connectivity index (χ3n) is 2.63. The molecule has 1 N–H and O–H groups in total. The zero-order chi connectivity index (χ0) is 12.3. The van der Waals surface area contributed by atoms with Gasteiger partial charge in [0.15, 0.2) is 0 Å². The van der Waals surface area contributed by atoms with Crippen LogP contribution in [0.15, 0.2) is 52.7 Å². The van der Waals surface area contributed by atoms with Gasteiger partial charge >= 0.3 is 0 Å².